The van der Waals surface area contributed by atoms with Gasteiger partial charge in [0.25, 0.3) is 5.91 Å². The van der Waals surface area contributed by atoms with E-state index in [2.05, 4.69) is 4.98 Å². The number of nitrogens with one attached hydrogen (secondary N) is 1. The third-order valence-corrected chi connectivity index (χ3v) is 5.84. The lowest BCUT2D eigenvalue weighted by Gasteiger charge is -2.15. The average Bonchev–Trinajstić information content (AvgIpc) is 3.02. The maximum Gasteiger partial charge on any atom is 0.266 e. The van der Waals surface area contributed by atoms with Gasteiger partial charge in [-0.25, -0.2) is 12.8 Å². The molecule has 22 heavy (non-hydrogen) atoms. The largest absolute Gasteiger partial charge is 0.364 e. The molecule has 3 rings (SSSR count). The van der Waals surface area contributed by atoms with E-state index >= 15 is 0 Å². The zero-order chi connectivity index (χ0) is 16.1. The Bertz CT molecular complexity index is 865. The fraction of sp³-hybridized carbons (Fsp3) is 0.308. The van der Waals surface area contributed by atoms with Crippen LogP contribution < -0.4 is 5.73 Å². The normalized spacial score (nSPS) is 19.8. The van der Waals surface area contributed by atoms with Crippen LogP contribution in [0.15, 0.2) is 23.1 Å². The number of carbonyl (C=O) groups excluding carboxylic acids is 1. The van der Waals surface area contributed by atoms with E-state index in [0.717, 1.165) is 4.31 Å². The Morgan fingerprint density at radius 3 is 2.77 bits per heavy atom. The van der Waals surface area contributed by atoms with Crippen LogP contribution in [-0.4, -0.2) is 42.9 Å². The molecule has 2 aromatic rings. The number of amides is 1. The molecule has 118 valence electrons. The predicted octanol–water partition coefficient (Wildman–Crippen LogP) is 1.65. The minimum absolute atomic E-state index is 0.0644. The zero-order valence-corrected chi connectivity index (χ0v) is 12.9. The van der Waals surface area contributed by atoms with E-state index in [0.29, 0.717) is 10.5 Å². The van der Waals surface area contributed by atoms with Gasteiger partial charge in [-0.05, 0) is 24.6 Å². The molecule has 0 saturated carbocycles. The molecule has 1 aliphatic heterocycles. The number of hydrogen-bond donors (Lipinski definition) is 2. The Morgan fingerprint density at radius 2 is 2.18 bits per heavy atom. The van der Waals surface area contributed by atoms with Crippen molar-refractivity contribution in [2.45, 2.75) is 17.5 Å². The maximum atomic E-state index is 13.4. The monoisotopic (exact) mass is 345 g/mol. The van der Waals surface area contributed by atoms with Crippen LogP contribution in [0.1, 0.15) is 16.9 Å². The summed E-state index contributed by atoms with van der Waals surface area (Å²) in [6.07, 6.45) is -1.07. The number of alkyl halides is 1. The summed E-state index contributed by atoms with van der Waals surface area (Å²) in [7, 11) is -4.04. The molecule has 3 N–H and O–H groups in total. The second kappa shape index (κ2) is 5.22. The van der Waals surface area contributed by atoms with Crippen LogP contribution in [0.5, 0.6) is 0 Å². The number of hydrogen-bond acceptors (Lipinski definition) is 3. The molecular weight excluding hydrogens is 333 g/mol. The Morgan fingerprint density at radius 1 is 1.45 bits per heavy atom. The fourth-order valence-corrected chi connectivity index (χ4v) is 4.61. The second-order valence-corrected chi connectivity index (χ2v) is 7.44. The van der Waals surface area contributed by atoms with Crippen molar-refractivity contribution in [3.63, 3.8) is 0 Å². The Balaban J connectivity index is 2.26. The van der Waals surface area contributed by atoms with Crippen LogP contribution >= 0.6 is 11.6 Å². The average molecular weight is 346 g/mol. The van der Waals surface area contributed by atoms with E-state index in [1.165, 1.54) is 6.07 Å². The van der Waals surface area contributed by atoms with Gasteiger partial charge in [0.1, 0.15) is 16.8 Å². The molecule has 1 saturated heterocycles. The summed E-state index contributed by atoms with van der Waals surface area (Å²) >= 11 is 5.91. The summed E-state index contributed by atoms with van der Waals surface area (Å²) in [6, 6.07) is 4.57. The summed E-state index contributed by atoms with van der Waals surface area (Å²) in [5.74, 6) is -0.901. The van der Waals surface area contributed by atoms with E-state index in [1.807, 2.05) is 0 Å². The van der Waals surface area contributed by atoms with Gasteiger partial charge in [-0.1, -0.05) is 11.6 Å². The SMILES string of the molecule is NC(=O)c1[nH]c2ccc(Cl)cc2c1S(=O)(=O)N1CCC(F)C1. The van der Waals surface area contributed by atoms with Crippen molar-refractivity contribution in [1.29, 1.82) is 0 Å². The quantitative estimate of drug-likeness (QED) is 0.885. The summed E-state index contributed by atoms with van der Waals surface area (Å²) in [6.45, 7) is -0.164. The first-order valence-electron chi connectivity index (χ1n) is 6.56. The third-order valence-electron chi connectivity index (χ3n) is 3.65. The number of halogens is 2. The number of rotatable bonds is 3. The number of carbonyl (C=O) groups is 1. The number of fused-ring (bicyclic) bond motifs is 1. The van der Waals surface area contributed by atoms with Crippen molar-refractivity contribution in [3.05, 3.63) is 28.9 Å². The molecular formula is C13H13ClFN3O3S. The highest BCUT2D eigenvalue weighted by atomic mass is 35.5. The van der Waals surface area contributed by atoms with Crippen LogP contribution in [0.2, 0.25) is 5.02 Å². The minimum atomic E-state index is -4.04. The first kappa shape index (κ1) is 15.3. The van der Waals surface area contributed by atoms with Crippen LogP contribution in [0, 0.1) is 0 Å². The Labute approximate surface area is 131 Å². The number of nitrogens with zero attached hydrogens (tertiary/aromatic N) is 1. The molecule has 2 heterocycles. The number of benzene rings is 1. The minimum Gasteiger partial charge on any atom is -0.364 e. The first-order chi connectivity index (χ1) is 10.3. The number of H-pyrrole nitrogens is 1. The molecule has 0 radical (unpaired) electrons. The first-order valence-corrected chi connectivity index (χ1v) is 8.38. The summed E-state index contributed by atoms with van der Waals surface area (Å²) < 4.78 is 39.9. The van der Waals surface area contributed by atoms with Gasteiger partial charge in [0.2, 0.25) is 10.0 Å². The zero-order valence-electron chi connectivity index (χ0n) is 11.3. The summed E-state index contributed by atoms with van der Waals surface area (Å²) in [5, 5.41) is 0.590. The lowest BCUT2D eigenvalue weighted by atomic mass is 10.2. The highest BCUT2D eigenvalue weighted by molar-refractivity contribution is 7.89. The predicted molar refractivity (Wildman–Crippen MR) is 80.1 cm³/mol. The number of primary amides is 1. The van der Waals surface area contributed by atoms with Crippen LogP contribution in [0.4, 0.5) is 4.39 Å². The Hall–Kier alpha value is -1.64. The fourth-order valence-electron chi connectivity index (χ4n) is 2.62. The Kier molecular flexibility index (Phi) is 3.62. The van der Waals surface area contributed by atoms with Crippen molar-refractivity contribution < 1.29 is 17.6 Å². The van der Waals surface area contributed by atoms with Gasteiger partial charge >= 0.3 is 0 Å². The van der Waals surface area contributed by atoms with Gasteiger partial charge in [0.15, 0.2) is 0 Å². The van der Waals surface area contributed by atoms with E-state index in [1.54, 1.807) is 12.1 Å². The van der Waals surface area contributed by atoms with Crippen LogP contribution in [0.25, 0.3) is 10.9 Å². The molecule has 1 unspecified atom stereocenters. The van der Waals surface area contributed by atoms with Gasteiger partial charge < -0.3 is 10.7 Å². The number of nitrogens with two attached hydrogens (primary N) is 1. The number of aromatic nitrogens is 1. The lowest BCUT2D eigenvalue weighted by molar-refractivity contribution is 0.0993. The molecule has 0 bridgehead atoms. The van der Waals surface area contributed by atoms with Gasteiger partial charge in [-0.3, -0.25) is 4.79 Å². The highest BCUT2D eigenvalue weighted by Gasteiger charge is 2.37. The molecule has 6 nitrogen and oxygen atoms in total. The molecule has 1 aromatic heterocycles. The van der Waals surface area contributed by atoms with Crippen molar-refractivity contribution >= 4 is 38.4 Å². The van der Waals surface area contributed by atoms with Crippen molar-refractivity contribution in [1.82, 2.24) is 9.29 Å². The molecule has 0 spiro atoms. The highest BCUT2D eigenvalue weighted by Crippen LogP contribution is 2.33. The third kappa shape index (κ3) is 2.37. The van der Waals surface area contributed by atoms with Gasteiger partial charge in [0, 0.05) is 29.0 Å². The van der Waals surface area contributed by atoms with E-state index in [9.17, 15) is 17.6 Å². The lowest BCUT2D eigenvalue weighted by Crippen LogP contribution is -2.30. The number of aromatic amines is 1. The smallest absolute Gasteiger partial charge is 0.266 e. The topological polar surface area (TPSA) is 96.3 Å². The van der Waals surface area contributed by atoms with Crippen LogP contribution in [-0.2, 0) is 10.0 Å². The molecule has 1 amide bonds. The number of sulfonamides is 1. The molecule has 1 aromatic carbocycles. The molecule has 1 aliphatic rings. The van der Waals surface area contributed by atoms with Gasteiger partial charge in [0.05, 0.1) is 0 Å². The molecule has 1 atom stereocenters. The molecule has 9 heteroatoms. The molecule has 0 aliphatic carbocycles. The van der Waals surface area contributed by atoms with Gasteiger partial charge in [-0.2, -0.15) is 4.31 Å². The van der Waals surface area contributed by atoms with E-state index < -0.39 is 22.1 Å². The van der Waals surface area contributed by atoms with Crippen molar-refractivity contribution in [2.24, 2.45) is 5.73 Å². The van der Waals surface area contributed by atoms with Crippen LogP contribution in [0.3, 0.4) is 0 Å². The summed E-state index contributed by atoms with van der Waals surface area (Å²) in [4.78, 5) is 14.1. The van der Waals surface area contributed by atoms with Crippen molar-refractivity contribution in [3.8, 4) is 0 Å². The van der Waals surface area contributed by atoms with Crippen molar-refractivity contribution in [2.75, 3.05) is 13.1 Å². The van der Waals surface area contributed by atoms with E-state index in [-0.39, 0.29) is 35.5 Å². The summed E-state index contributed by atoms with van der Waals surface area (Å²) in [5.41, 5.74) is 5.48. The standard InChI is InChI=1S/C13H13ClFN3O3S/c14-7-1-2-10-9(5-7)12(11(17-10)13(16)19)22(20,21)18-4-3-8(15)6-18/h1-2,5,8,17H,3-4,6H2,(H2,16,19). The molecule has 1 fully saturated rings. The second-order valence-electron chi connectivity index (χ2n) is 5.13. The van der Waals surface area contributed by atoms with Gasteiger partial charge in [-0.15, -0.1) is 0 Å². The maximum absolute atomic E-state index is 13.4. The van der Waals surface area contributed by atoms with E-state index in [4.69, 9.17) is 17.3 Å².